The molecule has 0 saturated carbocycles. The molecule has 150 valence electrons. The standard InChI is InChI=1S/C25H25F2NO/c1-13-5-6-15(9-13)23-22-17(18-10-16(26)11-19(27)24(18)29-23)7-8-20-21(22)14(2)12-25(3,4)28-20/h5,7-8,10-12,15,23,28H,6,9H2,1-4H3. The van der Waals surface area contributed by atoms with E-state index in [-0.39, 0.29) is 23.3 Å². The molecule has 1 aliphatic carbocycles. The van der Waals surface area contributed by atoms with E-state index in [1.807, 2.05) is 12.1 Å². The van der Waals surface area contributed by atoms with Crippen LogP contribution in [0.3, 0.4) is 0 Å². The van der Waals surface area contributed by atoms with Gasteiger partial charge >= 0.3 is 0 Å². The molecule has 0 radical (unpaired) electrons. The number of fused-ring (bicyclic) bond motifs is 5. The van der Waals surface area contributed by atoms with E-state index in [2.05, 4.69) is 45.2 Å². The molecular weight excluding hydrogens is 368 g/mol. The van der Waals surface area contributed by atoms with Gasteiger partial charge in [-0.05, 0) is 63.8 Å². The maximum absolute atomic E-state index is 14.7. The zero-order valence-electron chi connectivity index (χ0n) is 17.2. The van der Waals surface area contributed by atoms with E-state index in [4.69, 9.17) is 4.74 Å². The number of anilines is 1. The molecule has 2 atom stereocenters. The van der Waals surface area contributed by atoms with Gasteiger partial charge in [-0.1, -0.05) is 23.8 Å². The van der Waals surface area contributed by atoms with E-state index in [0.29, 0.717) is 5.56 Å². The third-order valence-electron chi connectivity index (χ3n) is 6.28. The van der Waals surface area contributed by atoms with Crippen LogP contribution in [0.2, 0.25) is 0 Å². The predicted molar refractivity (Wildman–Crippen MR) is 113 cm³/mol. The second-order valence-electron chi connectivity index (χ2n) is 9.18. The third-order valence-corrected chi connectivity index (χ3v) is 6.28. The Balaban J connectivity index is 1.77. The van der Waals surface area contributed by atoms with Gasteiger partial charge in [0.25, 0.3) is 0 Å². The van der Waals surface area contributed by atoms with Gasteiger partial charge in [-0.3, -0.25) is 0 Å². The lowest BCUT2D eigenvalue weighted by Gasteiger charge is -2.39. The molecule has 0 fully saturated rings. The molecule has 2 aromatic carbocycles. The van der Waals surface area contributed by atoms with E-state index in [0.717, 1.165) is 46.9 Å². The molecule has 0 aromatic heterocycles. The van der Waals surface area contributed by atoms with Crippen molar-refractivity contribution in [2.24, 2.45) is 5.92 Å². The summed E-state index contributed by atoms with van der Waals surface area (Å²) in [6.45, 7) is 8.51. The summed E-state index contributed by atoms with van der Waals surface area (Å²) in [7, 11) is 0. The maximum Gasteiger partial charge on any atom is 0.168 e. The summed E-state index contributed by atoms with van der Waals surface area (Å²) in [5.74, 6) is -0.820. The van der Waals surface area contributed by atoms with E-state index >= 15 is 0 Å². The highest BCUT2D eigenvalue weighted by Gasteiger charge is 2.39. The Bertz CT molecular complexity index is 1100. The average molecular weight is 393 g/mol. The van der Waals surface area contributed by atoms with Crippen molar-refractivity contribution in [2.45, 2.75) is 52.2 Å². The zero-order valence-corrected chi connectivity index (χ0v) is 17.2. The van der Waals surface area contributed by atoms with Gasteiger partial charge < -0.3 is 10.1 Å². The number of rotatable bonds is 1. The van der Waals surface area contributed by atoms with E-state index in [1.165, 1.54) is 11.6 Å². The van der Waals surface area contributed by atoms with Crippen molar-refractivity contribution in [3.63, 3.8) is 0 Å². The van der Waals surface area contributed by atoms with Crippen LogP contribution >= 0.6 is 0 Å². The van der Waals surface area contributed by atoms with Crippen LogP contribution in [-0.4, -0.2) is 5.54 Å². The van der Waals surface area contributed by atoms with Gasteiger partial charge in [0.15, 0.2) is 11.6 Å². The van der Waals surface area contributed by atoms with Crippen LogP contribution in [0.25, 0.3) is 16.7 Å². The van der Waals surface area contributed by atoms with Gasteiger partial charge in [-0.2, -0.15) is 0 Å². The Morgan fingerprint density at radius 2 is 1.90 bits per heavy atom. The number of hydrogen-bond donors (Lipinski definition) is 1. The fourth-order valence-electron chi connectivity index (χ4n) is 5.24. The molecule has 29 heavy (non-hydrogen) atoms. The minimum absolute atomic E-state index is 0.155. The Labute approximate surface area is 170 Å². The monoisotopic (exact) mass is 393 g/mol. The highest BCUT2D eigenvalue weighted by molar-refractivity contribution is 5.89. The largest absolute Gasteiger partial charge is 0.482 e. The number of nitrogens with one attached hydrogen (secondary N) is 1. The molecular formula is C25H25F2NO. The summed E-state index contributed by atoms with van der Waals surface area (Å²) in [6.07, 6.45) is 6.01. The van der Waals surface area contributed by atoms with E-state index in [1.54, 1.807) is 0 Å². The van der Waals surface area contributed by atoms with Crippen molar-refractivity contribution < 1.29 is 13.5 Å². The van der Waals surface area contributed by atoms with Crippen LogP contribution < -0.4 is 10.1 Å². The van der Waals surface area contributed by atoms with Crippen LogP contribution in [0.1, 0.15) is 57.8 Å². The summed E-state index contributed by atoms with van der Waals surface area (Å²) in [4.78, 5) is 0. The molecule has 5 rings (SSSR count). The molecule has 2 aliphatic heterocycles. The lowest BCUT2D eigenvalue weighted by Crippen LogP contribution is -2.33. The fourth-order valence-corrected chi connectivity index (χ4v) is 5.24. The Morgan fingerprint density at radius 1 is 1.10 bits per heavy atom. The van der Waals surface area contributed by atoms with E-state index < -0.39 is 11.6 Å². The van der Waals surface area contributed by atoms with Crippen LogP contribution in [0.4, 0.5) is 14.5 Å². The van der Waals surface area contributed by atoms with Crippen molar-refractivity contribution in [3.05, 3.63) is 64.8 Å². The summed E-state index contributed by atoms with van der Waals surface area (Å²) < 4.78 is 35.1. The van der Waals surface area contributed by atoms with Crippen LogP contribution in [0.5, 0.6) is 5.75 Å². The Kier molecular flexibility index (Phi) is 3.93. The Hall–Kier alpha value is -2.62. The van der Waals surface area contributed by atoms with Crippen molar-refractivity contribution in [1.29, 1.82) is 0 Å². The molecule has 0 bridgehead atoms. The van der Waals surface area contributed by atoms with Gasteiger partial charge in [0.1, 0.15) is 11.9 Å². The first-order chi connectivity index (χ1) is 13.7. The van der Waals surface area contributed by atoms with Gasteiger partial charge in [0, 0.05) is 34.4 Å². The van der Waals surface area contributed by atoms with Crippen LogP contribution in [0.15, 0.2) is 42.0 Å². The quantitative estimate of drug-likeness (QED) is 0.525. The van der Waals surface area contributed by atoms with E-state index in [9.17, 15) is 8.78 Å². The molecule has 1 N–H and O–H groups in total. The van der Waals surface area contributed by atoms with Crippen LogP contribution in [-0.2, 0) is 0 Å². The average Bonchev–Trinajstić information content (AvgIpc) is 3.05. The Morgan fingerprint density at radius 3 is 2.62 bits per heavy atom. The van der Waals surface area contributed by atoms with Gasteiger partial charge in [-0.15, -0.1) is 0 Å². The topological polar surface area (TPSA) is 21.3 Å². The van der Waals surface area contributed by atoms with Crippen molar-refractivity contribution in [1.82, 2.24) is 0 Å². The normalized spacial score (nSPS) is 23.8. The zero-order chi connectivity index (χ0) is 20.5. The first-order valence-electron chi connectivity index (χ1n) is 10.2. The highest BCUT2D eigenvalue weighted by atomic mass is 19.1. The van der Waals surface area contributed by atoms with Crippen molar-refractivity contribution in [3.8, 4) is 16.9 Å². The second-order valence-corrected chi connectivity index (χ2v) is 9.18. The first kappa shape index (κ1) is 18.4. The van der Waals surface area contributed by atoms with Crippen LogP contribution in [0, 0.1) is 17.6 Å². The molecule has 0 amide bonds. The number of allylic oxidation sites excluding steroid dienone is 3. The van der Waals surface area contributed by atoms with Gasteiger partial charge in [0.2, 0.25) is 0 Å². The first-order valence-corrected chi connectivity index (χ1v) is 10.2. The third kappa shape index (κ3) is 2.88. The number of benzene rings is 2. The molecule has 0 spiro atoms. The number of hydrogen-bond acceptors (Lipinski definition) is 2. The predicted octanol–water partition coefficient (Wildman–Crippen LogP) is 7.03. The summed E-state index contributed by atoms with van der Waals surface area (Å²) >= 11 is 0. The molecule has 2 heterocycles. The SMILES string of the molecule is CC1=CCC(C2Oc3c(F)cc(F)cc3-c3ccc4c(c32)C(C)=CC(C)(C)N4)C1. The summed E-state index contributed by atoms with van der Waals surface area (Å²) in [5.41, 5.74) is 6.91. The van der Waals surface area contributed by atoms with Gasteiger partial charge in [0.05, 0.1) is 5.54 Å². The summed E-state index contributed by atoms with van der Waals surface area (Å²) in [6, 6.07) is 6.31. The second kappa shape index (κ2) is 6.19. The highest BCUT2D eigenvalue weighted by Crippen LogP contribution is 2.53. The lowest BCUT2D eigenvalue weighted by molar-refractivity contribution is 0.130. The minimum atomic E-state index is -0.637. The fraction of sp³-hybridized carbons (Fsp3) is 0.360. The smallest absolute Gasteiger partial charge is 0.168 e. The molecule has 3 aliphatic rings. The maximum atomic E-state index is 14.7. The van der Waals surface area contributed by atoms with Gasteiger partial charge in [-0.25, -0.2) is 8.78 Å². The van der Waals surface area contributed by atoms with Crippen molar-refractivity contribution in [2.75, 3.05) is 5.32 Å². The molecule has 0 saturated heterocycles. The number of ether oxygens (including phenoxy) is 1. The molecule has 2 unspecified atom stereocenters. The molecule has 2 nitrogen and oxygen atoms in total. The summed E-state index contributed by atoms with van der Waals surface area (Å²) in [5, 5.41) is 3.59. The number of halogens is 2. The molecule has 4 heteroatoms. The minimum Gasteiger partial charge on any atom is -0.482 e. The lowest BCUT2D eigenvalue weighted by atomic mass is 9.78. The van der Waals surface area contributed by atoms with Crippen molar-refractivity contribution >= 4 is 11.3 Å². The molecule has 2 aromatic rings.